The van der Waals surface area contributed by atoms with Gasteiger partial charge in [0.2, 0.25) is 5.91 Å². The molecular weight excluding hydrogens is 541 g/mol. The first-order valence-electron chi connectivity index (χ1n) is 12.6. The Morgan fingerprint density at radius 2 is 1.98 bits per heavy atom. The number of hydrogen-bond acceptors (Lipinski definition) is 8. The van der Waals surface area contributed by atoms with E-state index in [1.165, 1.54) is 23.0 Å². The molecule has 0 saturated carbocycles. The Morgan fingerprint density at radius 1 is 1.20 bits per heavy atom. The minimum Gasteiger partial charge on any atom is -0.343 e. The molecule has 0 unspecified atom stereocenters. The number of nitriles is 1. The number of hydrogen-bond donors (Lipinski definition) is 3. The number of carbonyl (C=O) groups excluding carboxylic acids is 2. The van der Waals surface area contributed by atoms with E-state index >= 15 is 0 Å². The maximum absolute atomic E-state index is 13.7. The van der Waals surface area contributed by atoms with Gasteiger partial charge in [0.25, 0.3) is 5.91 Å². The van der Waals surface area contributed by atoms with Crippen LogP contribution in [0.5, 0.6) is 0 Å². The van der Waals surface area contributed by atoms with Crippen LogP contribution in [0.1, 0.15) is 21.6 Å². The van der Waals surface area contributed by atoms with Crippen molar-refractivity contribution in [3.05, 3.63) is 59.8 Å². The van der Waals surface area contributed by atoms with Crippen molar-refractivity contribution in [1.29, 1.82) is 5.26 Å². The molecule has 0 bridgehead atoms. The van der Waals surface area contributed by atoms with Crippen molar-refractivity contribution >= 4 is 29.0 Å². The second-order valence-corrected chi connectivity index (χ2v) is 9.33. The second-order valence-electron chi connectivity index (χ2n) is 9.33. The topological polar surface area (TPSA) is 145 Å². The number of benzene rings is 1. The van der Waals surface area contributed by atoms with Crippen LogP contribution in [0.25, 0.3) is 16.9 Å². The average Bonchev–Trinajstić information content (AvgIpc) is 3.57. The lowest BCUT2D eigenvalue weighted by molar-refractivity contribution is -0.141. The van der Waals surface area contributed by atoms with E-state index < -0.39 is 11.9 Å². The van der Waals surface area contributed by atoms with Crippen LogP contribution in [0.4, 0.5) is 24.7 Å². The van der Waals surface area contributed by atoms with Crippen LogP contribution in [0.3, 0.4) is 0 Å². The highest BCUT2D eigenvalue weighted by molar-refractivity contribution is 5.98. The van der Waals surface area contributed by atoms with E-state index in [4.69, 9.17) is 5.26 Å². The molecule has 4 heterocycles. The van der Waals surface area contributed by atoms with E-state index in [2.05, 4.69) is 31.0 Å². The minimum atomic E-state index is -4.74. The van der Waals surface area contributed by atoms with Gasteiger partial charge in [0.1, 0.15) is 6.54 Å². The normalized spacial score (nSPS) is 13.7. The van der Waals surface area contributed by atoms with Crippen molar-refractivity contribution in [2.45, 2.75) is 19.6 Å². The first kappa shape index (κ1) is 27.6. The van der Waals surface area contributed by atoms with Gasteiger partial charge in [-0.15, -0.1) is 0 Å². The Labute approximate surface area is 231 Å². The van der Waals surface area contributed by atoms with Gasteiger partial charge >= 0.3 is 6.18 Å². The number of piperazine rings is 1. The third kappa shape index (κ3) is 5.82. The molecule has 3 aromatic heterocycles. The molecule has 5 rings (SSSR count). The highest BCUT2D eigenvalue weighted by Crippen LogP contribution is 2.37. The molecule has 2 amide bonds. The van der Waals surface area contributed by atoms with Crippen LogP contribution in [0, 0.1) is 18.3 Å². The van der Waals surface area contributed by atoms with Crippen LogP contribution in [0.2, 0.25) is 0 Å². The zero-order valence-corrected chi connectivity index (χ0v) is 21.9. The number of aryl methyl sites for hydroxylation is 1. The van der Waals surface area contributed by atoms with Crippen LogP contribution < -0.4 is 16.0 Å². The van der Waals surface area contributed by atoms with Gasteiger partial charge in [0, 0.05) is 56.0 Å². The SMILES string of the molecule is Cc1cc(Nc2nccn3c(-c4cn(CC#N)nc4C(F)(F)F)cnc23)ccc1C(=O)NCC(=O)N1CCNCC1. The van der Waals surface area contributed by atoms with Gasteiger partial charge in [-0.2, -0.15) is 23.5 Å². The fourth-order valence-electron chi connectivity index (χ4n) is 4.59. The molecule has 0 atom stereocenters. The number of carbonyl (C=O) groups is 2. The average molecular weight is 567 g/mol. The summed E-state index contributed by atoms with van der Waals surface area (Å²) in [7, 11) is 0. The smallest absolute Gasteiger partial charge is 0.343 e. The monoisotopic (exact) mass is 566 g/mol. The fraction of sp³-hybridized carbons (Fsp3) is 0.308. The molecular formula is C26H25F3N10O2. The number of fused-ring (bicyclic) bond motifs is 1. The molecule has 1 saturated heterocycles. The van der Waals surface area contributed by atoms with Crippen LogP contribution >= 0.6 is 0 Å². The van der Waals surface area contributed by atoms with Gasteiger partial charge in [-0.05, 0) is 30.7 Å². The first-order valence-corrected chi connectivity index (χ1v) is 12.6. The number of imidazole rings is 1. The van der Waals surface area contributed by atoms with Crippen molar-refractivity contribution < 1.29 is 22.8 Å². The van der Waals surface area contributed by atoms with Crippen LogP contribution in [0.15, 0.2) is 43.0 Å². The summed E-state index contributed by atoms with van der Waals surface area (Å²) in [5.41, 5.74) is 0.637. The quantitative estimate of drug-likeness (QED) is 0.309. The number of nitrogens with zero attached hydrogens (tertiary/aromatic N) is 7. The Morgan fingerprint density at radius 3 is 2.68 bits per heavy atom. The number of halogens is 3. The molecule has 12 nitrogen and oxygen atoms in total. The number of alkyl halides is 3. The molecule has 0 radical (unpaired) electrons. The molecule has 15 heteroatoms. The summed E-state index contributed by atoms with van der Waals surface area (Å²) < 4.78 is 43.5. The zero-order chi connectivity index (χ0) is 29.1. The number of nitrogens with one attached hydrogen (secondary N) is 3. The zero-order valence-electron chi connectivity index (χ0n) is 21.9. The van der Waals surface area contributed by atoms with Gasteiger partial charge in [-0.1, -0.05) is 0 Å². The molecule has 0 spiro atoms. The molecule has 3 N–H and O–H groups in total. The third-order valence-corrected chi connectivity index (χ3v) is 6.57. The predicted octanol–water partition coefficient (Wildman–Crippen LogP) is 2.35. The van der Waals surface area contributed by atoms with Crippen molar-refractivity contribution in [3.8, 4) is 17.3 Å². The van der Waals surface area contributed by atoms with Crippen molar-refractivity contribution in [3.63, 3.8) is 0 Å². The highest BCUT2D eigenvalue weighted by atomic mass is 19.4. The summed E-state index contributed by atoms with van der Waals surface area (Å²) in [5.74, 6) is -0.253. The Hall–Kier alpha value is -4.97. The van der Waals surface area contributed by atoms with Crippen molar-refractivity contribution in [2.75, 3.05) is 38.0 Å². The molecule has 1 aliphatic heterocycles. The van der Waals surface area contributed by atoms with Crippen molar-refractivity contribution in [2.24, 2.45) is 0 Å². The Bertz CT molecular complexity index is 1650. The summed E-state index contributed by atoms with van der Waals surface area (Å²) >= 11 is 0. The Balaban J connectivity index is 1.34. The lowest BCUT2D eigenvalue weighted by atomic mass is 10.1. The van der Waals surface area contributed by atoms with E-state index in [0.717, 1.165) is 24.0 Å². The molecule has 0 aliphatic carbocycles. The van der Waals surface area contributed by atoms with Gasteiger partial charge in [-0.25, -0.2) is 9.97 Å². The fourth-order valence-corrected chi connectivity index (χ4v) is 4.59. The van der Waals surface area contributed by atoms with Gasteiger partial charge in [0.05, 0.1) is 30.1 Å². The summed E-state index contributed by atoms with van der Waals surface area (Å²) in [6, 6.07) is 6.77. The van der Waals surface area contributed by atoms with Gasteiger partial charge < -0.3 is 20.9 Å². The molecule has 212 valence electrons. The maximum atomic E-state index is 13.7. The number of rotatable bonds is 7. The Kier molecular flexibility index (Phi) is 7.58. The second kappa shape index (κ2) is 11.3. The standard InChI is InChI=1S/C26H25F3N10O2/c1-16-12-17(2-3-18(16)25(41)34-14-21(40)37-9-5-31-6-10-37)35-23-24-33-13-20(39(24)11-7-32-23)19-15-38(8-4-30)36-22(19)26(27,28)29/h2-3,7,11-13,15,31H,5-6,8-10,14H2,1H3,(H,32,35)(H,34,41). The molecule has 1 aliphatic rings. The maximum Gasteiger partial charge on any atom is 0.435 e. The molecule has 4 aromatic rings. The molecule has 1 aromatic carbocycles. The first-order chi connectivity index (χ1) is 19.7. The van der Waals surface area contributed by atoms with Gasteiger partial charge in [0.15, 0.2) is 17.2 Å². The van der Waals surface area contributed by atoms with Crippen LogP contribution in [-0.2, 0) is 17.5 Å². The molecule has 41 heavy (non-hydrogen) atoms. The van der Waals surface area contributed by atoms with E-state index in [1.807, 2.05) is 0 Å². The van der Waals surface area contributed by atoms with E-state index in [9.17, 15) is 22.8 Å². The lowest BCUT2D eigenvalue weighted by Crippen LogP contribution is -2.49. The third-order valence-electron chi connectivity index (χ3n) is 6.57. The number of amides is 2. The largest absolute Gasteiger partial charge is 0.435 e. The molecule has 1 fully saturated rings. The highest BCUT2D eigenvalue weighted by Gasteiger charge is 2.38. The van der Waals surface area contributed by atoms with E-state index in [0.29, 0.717) is 29.9 Å². The number of anilines is 2. The lowest BCUT2D eigenvalue weighted by Gasteiger charge is -2.27. The predicted molar refractivity (Wildman–Crippen MR) is 141 cm³/mol. The van der Waals surface area contributed by atoms with Gasteiger partial charge in [-0.3, -0.25) is 18.7 Å². The minimum absolute atomic E-state index is 0.0993. The number of aromatic nitrogens is 5. The summed E-state index contributed by atoms with van der Waals surface area (Å²) in [6.45, 7) is 3.95. The van der Waals surface area contributed by atoms with Crippen LogP contribution in [-0.4, -0.2) is 73.6 Å². The summed E-state index contributed by atoms with van der Waals surface area (Å²) in [4.78, 5) is 35.4. The summed E-state index contributed by atoms with van der Waals surface area (Å²) in [5, 5.41) is 21.4. The van der Waals surface area contributed by atoms with E-state index in [-0.39, 0.29) is 47.6 Å². The summed E-state index contributed by atoms with van der Waals surface area (Å²) in [6.07, 6.45) is 0.597. The van der Waals surface area contributed by atoms with Crippen molar-refractivity contribution in [1.82, 2.24) is 39.7 Å². The van der Waals surface area contributed by atoms with E-state index in [1.54, 1.807) is 36.1 Å².